The van der Waals surface area contributed by atoms with Gasteiger partial charge in [-0.05, 0) is 12.1 Å². The summed E-state index contributed by atoms with van der Waals surface area (Å²) >= 11 is 0. The third-order valence-electron chi connectivity index (χ3n) is 3.04. The summed E-state index contributed by atoms with van der Waals surface area (Å²) in [5.74, 6) is -1.77. The molecule has 1 heterocycles. The molecule has 1 aliphatic rings. The number of imide groups is 1. The van der Waals surface area contributed by atoms with Gasteiger partial charge in [-0.1, -0.05) is 18.2 Å². The van der Waals surface area contributed by atoms with Gasteiger partial charge in [0.05, 0.1) is 6.54 Å². The molecule has 4 amide bonds. The van der Waals surface area contributed by atoms with E-state index in [1.54, 1.807) is 30.3 Å². The number of hydrogen-bond acceptors (Lipinski definition) is 4. The van der Waals surface area contributed by atoms with Gasteiger partial charge in [0.25, 0.3) is 5.91 Å². The minimum absolute atomic E-state index is 0.169. The van der Waals surface area contributed by atoms with Crippen molar-refractivity contribution in [1.29, 1.82) is 0 Å². The highest BCUT2D eigenvalue weighted by Gasteiger charge is 2.27. The summed E-state index contributed by atoms with van der Waals surface area (Å²) in [6, 6.07) is 8.56. The van der Waals surface area contributed by atoms with E-state index < -0.39 is 17.7 Å². The van der Waals surface area contributed by atoms with E-state index in [1.165, 1.54) is 11.9 Å². The van der Waals surface area contributed by atoms with Crippen LogP contribution in [0.4, 0.5) is 0 Å². The second kappa shape index (κ2) is 6.17. The Kier molecular flexibility index (Phi) is 4.32. The van der Waals surface area contributed by atoms with Crippen molar-refractivity contribution in [1.82, 2.24) is 15.1 Å². The maximum Gasteiger partial charge on any atom is 0.254 e. The average Bonchev–Trinajstić information content (AvgIpc) is 2.46. The van der Waals surface area contributed by atoms with E-state index in [2.05, 4.69) is 5.32 Å². The van der Waals surface area contributed by atoms with E-state index in [9.17, 15) is 19.2 Å². The molecule has 0 bridgehead atoms. The van der Waals surface area contributed by atoms with Crippen LogP contribution in [0.1, 0.15) is 10.4 Å². The SMILES string of the molecule is CN(CC(=O)N1CC(=O)NC(=O)C1)C(=O)c1ccccc1. The number of nitrogens with one attached hydrogen (secondary N) is 1. The topological polar surface area (TPSA) is 86.8 Å². The van der Waals surface area contributed by atoms with Crippen molar-refractivity contribution in [2.24, 2.45) is 0 Å². The van der Waals surface area contributed by atoms with Gasteiger partial charge in [0.15, 0.2) is 0 Å². The summed E-state index contributed by atoms with van der Waals surface area (Å²) < 4.78 is 0. The zero-order valence-corrected chi connectivity index (χ0v) is 11.5. The van der Waals surface area contributed by atoms with Gasteiger partial charge in [0.2, 0.25) is 17.7 Å². The molecule has 1 aromatic rings. The fourth-order valence-corrected chi connectivity index (χ4v) is 1.99. The lowest BCUT2D eigenvalue weighted by atomic mass is 10.2. The molecule has 7 nitrogen and oxygen atoms in total. The predicted octanol–water partition coefficient (Wildman–Crippen LogP) is -0.756. The Bertz CT molecular complexity index is 569. The highest BCUT2D eigenvalue weighted by Crippen LogP contribution is 2.04. The smallest absolute Gasteiger partial charge is 0.254 e. The summed E-state index contributed by atoms with van der Waals surface area (Å²) in [6.45, 7) is -0.524. The zero-order valence-electron chi connectivity index (χ0n) is 11.5. The Labute approximate surface area is 121 Å². The number of carbonyl (C=O) groups excluding carboxylic acids is 4. The number of amides is 4. The molecule has 0 spiro atoms. The Morgan fingerprint density at radius 2 is 1.71 bits per heavy atom. The normalized spacial score (nSPS) is 14.6. The molecule has 1 aromatic carbocycles. The zero-order chi connectivity index (χ0) is 15.4. The van der Waals surface area contributed by atoms with E-state index in [0.29, 0.717) is 5.56 Å². The second-order valence-electron chi connectivity index (χ2n) is 4.75. The van der Waals surface area contributed by atoms with Crippen molar-refractivity contribution in [3.05, 3.63) is 35.9 Å². The van der Waals surface area contributed by atoms with E-state index >= 15 is 0 Å². The van der Waals surface area contributed by atoms with Crippen LogP contribution in [0, 0.1) is 0 Å². The summed E-state index contributed by atoms with van der Waals surface area (Å²) in [5, 5.41) is 2.11. The lowest BCUT2D eigenvalue weighted by molar-refractivity contribution is -0.145. The van der Waals surface area contributed by atoms with Gasteiger partial charge in [0, 0.05) is 12.6 Å². The molecule has 0 aromatic heterocycles. The molecule has 1 fully saturated rings. The van der Waals surface area contributed by atoms with Crippen LogP contribution >= 0.6 is 0 Å². The average molecular weight is 289 g/mol. The minimum Gasteiger partial charge on any atom is -0.332 e. The molecule has 0 unspecified atom stereocenters. The quantitative estimate of drug-likeness (QED) is 0.741. The lowest BCUT2D eigenvalue weighted by Gasteiger charge is -2.27. The van der Waals surface area contributed by atoms with Gasteiger partial charge in [-0.25, -0.2) is 0 Å². The Morgan fingerprint density at radius 1 is 1.14 bits per heavy atom. The van der Waals surface area contributed by atoms with Gasteiger partial charge in [-0.15, -0.1) is 0 Å². The molecule has 21 heavy (non-hydrogen) atoms. The first-order valence-corrected chi connectivity index (χ1v) is 6.38. The van der Waals surface area contributed by atoms with Gasteiger partial charge in [-0.2, -0.15) is 0 Å². The highest BCUT2D eigenvalue weighted by atomic mass is 16.2. The highest BCUT2D eigenvalue weighted by molar-refractivity contribution is 6.03. The van der Waals surface area contributed by atoms with Gasteiger partial charge in [0.1, 0.15) is 13.1 Å². The van der Waals surface area contributed by atoms with Crippen LogP contribution in [0.3, 0.4) is 0 Å². The number of rotatable bonds is 3. The molecule has 2 rings (SSSR count). The summed E-state index contributed by atoms with van der Waals surface area (Å²) in [5.41, 5.74) is 0.472. The molecule has 0 aliphatic carbocycles. The summed E-state index contributed by atoms with van der Waals surface area (Å²) in [7, 11) is 1.50. The predicted molar refractivity (Wildman–Crippen MR) is 73.1 cm³/mol. The fraction of sp³-hybridized carbons (Fsp3) is 0.286. The van der Waals surface area contributed by atoms with Gasteiger partial charge in [-0.3, -0.25) is 24.5 Å². The van der Waals surface area contributed by atoms with Crippen molar-refractivity contribution >= 4 is 23.6 Å². The molecule has 1 saturated heterocycles. The lowest BCUT2D eigenvalue weighted by Crippen LogP contribution is -2.55. The van der Waals surface area contributed by atoms with E-state index in [1.807, 2.05) is 0 Å². The molecule has 1 aliphatic heterocycles. The van der Waals surface area contributed by atoms with Crippen LogP contribution in [-0.2, 0) is 14.4 Å². The molecular weight excluding hydrogens is 274 g/mol. The number of likely N-dealkylation sites (N-methyl/N-ethyl adjacent to an activating group) is 1. The van der Waals surface area contributed by atoms with Gasteiger partial charge < -0.3 is 9.80 Å². The summed E-state index contributed by atoms with van der Waals surface area (Å²) in [4.78, 5) is 49.0. The minimum atomic E-state index is -0.517. The molecule has 0 atom stereocenters. The monoisotopic (exact) mass is 289 g/mol. The first-order chi connectivity index (χ1) is 9.97. The number of piperazine rings is 1. The first-order valence-electron chi connectivity index (χ1n) is 6.38. The third-order valence-corrected chi connectivity index (χ3v) is 3.04. The Morgan fingerprint density at radius 3 is 2.29 bits per heavy atom. The van der Waals surface area contributed by atoms with Crippen LogP contribution in [0.25, 0.3) is 0 Å². The standard InChI is InChI=1S/C14H15N3O4/c1-16(14(21)10-5-3-2-4-6-10)9-13(20)17-7-11(18)15-12(19)8-17/h2-6H,7-9H2,1H3,(H,15,18,19). The fourth-order valence-electron chi connectivity index (χ4n) is 1.99. The first kappa shape index (κ1) is 14.7. The molecular formula is C14H15N3O4. The maximum atomic E-state index is 12.1. The number of carbonyl (C=O) groups is 4. The van der Waals surface area contributed by atoms with Crippen molar-refractivity contribution in [3.63, 3.8) is 0 Å². The molecule has 110 valence electrons. The molecule has 0 saturated carbocycles. The molecule has 0 radical (unpaired) electrons. The van der Waals surface area contributed by atoms with Crippen LogP contribution in [0.2, 0.25) is 0 Å². The van der Waals surface area contributed by atoms with Crippen molar-refractivity contribution in [2.75, 3.05) is 26.7 Å². The largest absolute Gasteiger partial charge is 0.332 e. The van der Waals surface area contributed by atoms with E-state index in [0.717, 1.165) is 4.90 Å². The Balaban J connectivity index is 1.97. The molecule has 1 N–H and O–H groups in total. The molecule has 7 heteroatoms. The van der Waals surface area contributed by atoms with Crippen LogP contribution in [0.15, 0.2) is 30.3 Å². The second-order valence-corrected chi connectivity index (χ2v) is 4.75. The van der Waals surface area contributed by atoms with Crippen LogP contribution in [-0.4, -0.2) is 60.1 Å². The van der Waals surface area contributed by atoms with E-state index in [-0.39, 0.29) is 25.5 Å². The maximum absolute atomic E-state index is 12.1. The number of benzene rings is 1. The van der Waals surface area contributed by atoms with Gasteiger partial charge >= 0.3 is 0 Å². The van der Waals surface area contributed by atoms with Crippen LogP contribution < -0.4 is 5.32 Å². The van der Waals surface area contributed by atoms with Crippen molar-refractivity contribution in [3.8, 4) is 0 Å². The number of hydrogen-bond donors (Lipinski definition) is 1. The van der Waals surface area contributed by atoms with Crippen molar-refractivity contribution < 1.29 is 19.2 Å². The Hall–Kier alpha value is -2.70. The number of nitrogens with zero attached hydrogens (tertiary/aromatic N) is 2. The van der Waals surface area contributed by atoms with Crippen LogP contribution in [0.5, 0.6) is 0 Å². The summed E-state index contributed by atoms with van der Waals surface area (Å²) in [6.07, 6.45) is 0. The van der Waals surface area contributed by atoms with E-state index in [4.69, 9.17) is 0 Å². The third kappa shape index (κ3) is 3.65. The van der Waals surface area contributed by atoms with Crippen molar-refractivity contribution in [2.45, 2.75) is 0 Å².